The number of aliphatic hydroxyl groups excluding tert-OH is 2. The monoisotopic (exact) mass is 2070 g/mol. The van der Waals surface area contributed by atoms with Gasteiger partial charge in [-0.25, -0.2) is 56.3 Å². The molecule has 36 heteroatoms. The second kappa shape index (κ2) is 75.9. The molecule has 10 aliphatic heterocycles. The van der Waals surface area contributed by atoms with E-state index in [1.165, 1.54) is 25.7 Å². The number of piperidine rings is 9. The summed E-state index contributed by atoms with van der Waals surface area (Å²) >= 11 is 0. The number of nitrogens with zero attached hydrogens (tertiary/aromatic N) is 12. The topological polar surface area (TPSA) is 408 Å². The highest BCUT2D eigenvalue weighted by atomic mass is 32.2. The molecule has 1 aromatic heterocycles. The first kappa shape index (κ1) is 135. The predicted molar refractivity (Wildman–Crippen MR) is 591 cm³/mol. The summed E-state index contributed by atoms with van der Waals surface area (Å²) in [5.41, 5.74) is 6.07. The van der Waals surface area contributed by atoms with E-state index in [0.29, 0.717) is 69.5 Å². The van der Waals surface area contributed by atoms with Crippen molar-refractivity contribution >= 4 is 64.3 Å². The lowest BCUT2D eigenvalue weighted by molar-refractivity contribution is 0.130. The SMILES string of the molecule is C.C.CC(C)C1CCN(C(=O)N2CCCC2)CC1.CC(C)C1CCN(C(=O)NCCCO)CC1.CC(C)C1CCN(C(=O)NCCN(C)C)CC1.CC(C)C1CCN(C(=O)NCCNS(C)(=O)=O)CC1.CC(C)C1CCN(C(=O)NCCO)CC1.CC(C)C1CCN(C(=O)NCc2ccccn2)CC1.CC(C)C1CCN(C(N)=O)CC1.CNC(=O)N1CCC(C(C)C)CC1.COCCNC(=O)N1CCC(C(C)C)CC1. The fourth-order valence-electron chi connectivity index (χ4n) is 20.0. The number of methoxy groups -OCH3 is 1. The van der Waals surface area contributed by atoms with Crippen molar-refractivity contribution in [3.63, 3.8) is 0 Å². The van der Waals surface area contributed by atoms with Crippen molar-refractivity contribution in [1.82, 2.24) is 101 Å². The Morgan fingerprint density at radius 2 is 0.628 bits per heavy atom. The maximum atomic E-state index is 12.1. The lowest BCUT2D eigenvalue weighted by Gasteiger charge is -2.35. The number of nitrogens with one attached hydrogen (secondary N) is 8. The molecule has 0 atom stereocenters. The highest BCUT2D eigenvalue weighted by molar-refractivity contribution is 7.88. The molecule has 10 fully saturated rings. The summed E-state index contributed by atoms with van der Waals surface area (Å²) in [7, 11) is 4.18. The van der Waals surface area contributed by atoms with E-state index in [9.17, 15) is 51.6 Å². The van der Waals surface area contributed by atoms with E-state index in [1.54, 1.807) is 30.2 Å². The van der Waals surface area contributed by atoms with Crippen molar-refractivity contribution in [3.05, 3.63) is 30.1 Å². The molecule has 18 amide bonds. The molecule has 35 nitrogen and oxygen atoms in total. The van der Waals surface area contributed by atoms with E-state index >= 15 is 0 Å². The third-order valence-electron chi connectivity index (χ3n) is 30.9. The maximum Gasteiger partial charge on any atom is 0.319 e. The molecule has 0 bridgehead atoms. The zero-order chi connectivity index (χ0) is 107. The molecule has 0 aromatic carbocycles. The van der Waals surface area contributed by atoms with Gasteiger partial charge in [-0.15, -0.1) is 0 Å². The molecule has 0 radical (unpaired) electrons. The number of carbonyl (C=O) groups is 9. The molecule has 145 heavy (non-hydrogen) atoms. The summed E-state index contributed by atoms with van der Waals surface area (Å²) < 4.78 is 28.9. The predicted octanol–water partition coefficient (Wildman–Crippen LogP) is 16.1. The Morgan fingerprint density at radius 3 is 0.883 bits per heavy atom. The van der Waals surface area contributed by atoms with Gasteiger partial charge in [0.1, 0.15) is 0 Å². The zero-order valence-corrected chi connectivity index (χ0v) is 94.4. The number of amides is 18. The van der Waals surface area contributed by atoms with Crippen molar-refractivity contribution < 1.29 is 66.5 Å². The fourth-order valence-corrected chi connectivity index (χ4v) is 20.5. The van der Waals surface area contributed by atoms with Gasteiger partial charge in [-0.05, 0) is 268 Å². The van der Waals surface area contributed by atoms with Crippen LogP contribution in [0.1, 0.15) is 280 Å². The van der Waals surface area contributed by atoms with E-state index in [2.05, 4.69) is 181 Å². The van der Waals surface area contributed by atoms with Crippen LogP contribution in [-0.4, -0.2) is 363 Å². The minimum absolute atomic E-state index is 0. The van der Waals surface area contributed by atoms with Crippen molar-refractivity contribution in [1.29, 1.82) is 0 Å². The highest BCUT2D eigenvalue weighted by Crippen LogP contribution is 2.33. The molecule has 12 N–H and O–H groups in total. The van der Waals surface area contributed by atoms with Gasteiger partial charge in [0, 0.05) is 204 Å². The summed E-state index contributed by atoms with van der Waals surface area (Å²) in [6, 6.07) is 5.91. The third-order valence-corrected chi connectivity index (χ3v) is 31.6. The number of aliphatic hydroxyl groups is 2. The average molecular weight is 2080 g/mol. The molecule has 11 rings (SSSR count). The van der Waals surface area contributed by atoms with Crippen molar-refractivity contribution in [2.45, 2.75) is 281 Å². The summed E-state index contributed by atoms with van der Waals surface area (Å²) in [6.07, 6.45) is 26.1. The Labute approximate surface area is 881 Å². The van der Waals surface area contributed by atoms with Crippen LogP contribution in [0.25, 0.3) is 0 Å². The van der Waals surface area contributed by atoms with Crippen LogP contribution < -0.4 is 47.7 Å². The van der Waals surface area contributed by atoms with Crippen LogP contribution in [0, 0.1) is 107 Å². The van der Waals surface area contributed by atoms with Gasteiger partial charge in [-0.3, -0.25) is 4.98 Å². The maximum absolute atomic E-state index is 12.1. The van der Waals surface area contributed by atoms with Gasteiger partial charge in [0.2, 0.25) is 10.0 Å². The largest absolute Gasteiger partial charge is 0.396 e. The normalized spacial score (nSPS) is 18.4. The molecule has 0 spiro atoms. The molecular formula is C109H215N21O14S. The summed E-state index contributed by atoms with van der Waals surface area (Å²) in [4.78, 5) is 130. The molecule has 0 aliphatic carbocycles. The quantitative estimate of drug-likeness (QED) is 0.0384. The van der Waals surface area contributed by atoms with Crippen molar-refractivity contribution in [3.8, 4) is 0 Å². The summed E-state index contributed by atoms with van der Waals surface area (Å²) in [5, 5.41) is 36.9. The number of sulfonamides is 1. The Kier molecular flexibility index (Phi) is 70.9. The number of nitrogens with two attached hydrogens (primary N) is 1. The molecule has 0 unspecified atom stereocenters. The molecule has 846 valence electrons. The van der Waals surface area contributed by atoms with Crippen LogP contribution in [-0.2, 0) is 21.3 Å². The van der Waals surface area contributed by atoms with E-state index in [1.807, 2.05) is 66.6 Å². The number of likely N-dealkylation sites (N-methyl/N-ethyl adjacent to an activating group) is 1. The van der Waals surface area contributed by atoms with E-state index < -0.39 is 10.0 Å². The van der Waals surface area contributed by atoms with Gasteiger partial charge in [0.15, 0.2) is 0 Å². The number of hydrogen-bond acceptors (Lipinski definition) is 16. The number of ether oxygens (including phenoxy) is 1. The Balaban J connectivity index is 0.000000817. The summed E-state index contributed by atoms with van der Waals surface area (Å²) in [5.74, 6) is 13.5. The number of likely N-dealkylation sites (tertiary alicyclic amines) is 10. The van der Waals surface area contributed by atoms with Crippen LogP contribution in [0.15, 0.2) is 24.4 Å². The van der Waals surface area contributed by atoms with Crippen molar-refractivity contribution in [2.75, 3.05) is 231 Å². The van der Waals surface area contributed by atoms with Gasteiger partial charge in [0.25, 0.3) is 0 Å². The van der Waals surface area contributed by atoms with Gasteiger partial charge < -0.3 is 112 Å². The average Bonchev–Trinajstić information content (AvgIpc) is 1.79. The first-order valence-corrected chi connectivity index (χ1v) is 57.2. The summed E-state index contributed by atoms with van der Waals surface area (Å²) in [6.45, 7) is 63.3. The zero-order valence-electron chi connectivity index (χ0n) is 93.6. The number of aromatic nitrogens is 1. The van der Waals surface area contributed by atoms with Crippen LogP contribution in [0.2, 0.25) is 0 Å². The first-order valence-electron chi connectivity index (χ1n) is 55.3. The lowest BCUT2D eigenvalue weighted by atomic mass is 9.87. The minimum atomic E-state index is -3.18. The number of pyridine rings is 1. The first-order chi connectivity index (χ1) is 67.8. The second-order valence-corrected chi connectivity index (χ2v) is 46.2. The fraction of sp³-hybridized carbons (Fsp3) is 0.872. The van der Waals surface area contributed by atoms with Gasteiger partial charge in [0.05, 0.1) is 31.7 Å². The Hall–Kier alpha value is -7.67. The molecule has 10 aliphatic rings. The molecular weight excluding hydrogens is 1860 g/mol. The molecule has 11 heterocycles. The number of hydrogen-bond donors (Lipinski definition) is 11. The van der Waals surface area contributed by atoms with Crippen LogP contribution >= 0.6 is 0 Å². The van der Waals surface area contributed by atoms with Gasteiger partial charge in [-0.1, -0.05) is 146 Å². The number of urea groups is 9. The van der Waals surface area contributed by atoms with Crippen LogP contribution in [0.3, 0.4) is 0 Å². The second-order valence-electron chi connectivity index (χ2n) is 44.4. The van der Waals surface area contributed by atoms with E-state index in [0.717, 1.165) is 347 Å². The lowest BCUT2D eigenvalue weighted by Crippen LogP contribution is -2.46. The van der Waals surface area contributed by atoms with E-state index in [4.69, 9.17) is 20.7 Å². The van der Waals surface area contributed by atoms with E-state index in [-0.39, 0.29) is 82.9 Å². The van der Waals surface area contributed by atoms with Crippen LogP contribution in [0.4, 0.5) is 43.2 Å². The number of rotatable bonds is 26. The van der Waals surface area contributed by atoms with Gasteiger partial charge in [-0.2, -0.15) is 0 Å². The minimum Gasteiger partial charge on any atom is -0.396 e. The number of primary amides is 1. The molecule has 0 saturated carbocycles. The Bertz CT molecular complexity index is 3640. The standard InChI is InChI=1S/C15H23N3O.C13H27N3O.C13H24N2O.C12H25N3O3S.2C12H24N2O2.C11H22N2O2.C10H20N2O.C9H18N2O.2CH4/c1-12(2)13-6-9-18(10-7-13)15(19)17-11-14-5-3-4-8-16-14;1-11(2)12-5-8-16(9-6-12)13(17)14-7-10-15(3)4;1-11(2)12-5-9-15(10-6-12)13(16)14-7-3-4-8-14;1-10(2)11-4-8-15(9-5-11)12(16)13-6-7-14-19(3,17)18;1-10(2)11-4-7-14(8-5-11)12(15)13-6-9-16-3;1-10(2)11-4-7-14(8-5-11)12(16)13-6-3-9-15;1-9(2)10-3-6-13(7-4-10)11(15)12-5-8-14;1-8(2)9-4-6-12(7-5-9)10(13)11-3;1-7(2)8-3-5-11(6-4-8)9(10)12;;/h3-5,8,12-13H,6-7,9-11H2,1-2H3,(H,17,19);11-12H,5-10H2,1-4H3,(H,14,17);11-12H,3-10H2,1-2H3;10-11,14H,4-9H2,1-3H3,(H,13,16);10-11H,4-9H2,1-3H3,(H,13,15);10-11,15H,3-9H2,1-2H3,(H,13,16);9-10,14H,3-8H2,1-2H3,(H,12,15);8-9H,4-7H2,1-3H3,(H,11,13);7-8H,3-6H2,1-2H3,(H2,10,12);2*1H4. The molecule has 10 saturated heterocycles. The van der Waals surface area contributed by atoms with Crippen LogP contribution in [0.5, 0.6) is 0 Å². The smallest absolute Gasteiger partial charge is 0.319 e. The van der Waals surface area contributed by atoms with Crippen molar-refractivity contribution in [2.24, 2.45) is 112 Å². The third kappa shape index (κ3) is 56.7. The number of carbonyl (C=O) groups excluding carboxylic acids is 9. The van der Waals surface area contributed by atoms with Gasteiger partial charge >= 0.3 is 54.3 Å². The highest BCUT2D eigenvalue weighted by Gasteiger charge is 2.34. The molecule has 1 aromatic rings. The Morgan fingerprint density at radius 1 is 0.366 bits per heavy atom.